The molecule has 2 rings (SSSR count). The molecule has 1 N–H and O–H groups in total. The van der Waals surface area contributed by atoms with E-state index in [1.165, 1.54) is 0 Å². The topological polar surface area (TPSA) is 25.2 Å². The highest BCUT2D eigenvalue weighted by atomic mass is 35.5. The lowest BCUT2D eigenvalue weighted by atomic mass is 10.1. The fourth-order valence-electron chi connectivity index (χ4n) is 1.61. The van der Waals surface area contributed by atoms with Gasteiger partial charge in [-0.25, -0.2) is 4.39 Å². The van der Waals surface area contributed by atoms with E-state index in [-0.39, 0.29) is 10.6 Å². The van der Waals surface area contributed by atoms with E-state index < -0.39 is 5.82 Å². The summed E-state index contributed by atoms with van der Waals surface area (Å²) >= 11 is 5.68. The summed E-state index contributed by atoms with van der Waals surface area (Å²) in [6.45, 7) is 2.49. The highest BCUT2D eigenvalue weighted by molar-refractivity contribution is 6.31. The van der Waals surface area contributed by atoms with Gasteiger partial charge in [-0.15, -0.1) is 0 Å². The quantitative estimate of drug-likeness (QED) is 0.852. The van der Waals surface area contributed by atoms with Crippen molar-refractivity contribution in [3.05, 3.63) is 34.3 Å². The minimum absolute atomic E-state index is 0.0901. The first-order chi connectivity index (χ1) is 7.15. The van der Waals surface area contributed by atoms with E-state index in [2.05, 4.69) is 5.32 Å². The molecule has 0 aliphatic heterocycles. The molecule has 4 heteroatoms. The maximum Gasteiger partial charge on any atom is 0.184 e. The van der Waals surface area contributed by atoms with Gasteiger partial charge < -0.3 is 9.73 Å². The van der Waals surface area contributed by atoms with Gasteiger partial charge in [-0.1, -0.05) is 11.6 Å². The highest BCUT2D eigenvalue weighted by Gasteiger charge is 2.15. The fourth-order valence-corrected chi connectivity index (χ4v) is 1.76. The second kappa shape index (κ2) is 3.83. The van der Waals surface area contributed by atoms with Gasteiger partial charge in [0.05, 0.1) is 11.6 Å². The molecule has 1 heterocycles. The molecule has 0 spiro atoms. The summed E-state index contributed by atoms with van der Waals surface area (Å²) < 4.78 is 19.0. The molecule has 1 aromatic heterocycles. The number of aryl methyl sites for hydroxylation is 1. The van der Waals surface area contributed by atoms with Gasteiger partial charge in [0.1, 0.15) is 5.76 Å². The van der Waals surface area contributed by atoms with E-state index in [9.17, 15) is 4.39 Å². The lowest BCUT2D eigenvalue weighted by Gasteiger charge is -1.94. The van der Waals surface area contributed by atoms with Crippen LogP contribution in [0.4, 0.5) is 4.39 Å². The van der Waals surface area contributed by atoms with Crippen molar-refractivity contribution in [1.29, 1.82) is 0 Å². The van der Waals surface area contributed by atoms with E-state index in [4.69, 9.17) is 16.0 Å². The molecule has 0 amide bonds. The van der Waals surface area contributed by atoms with Crippen molar-refractivity contribution in [3.63, 3.8) is 0 Å². The molecule has 0 fully saturated rings. The zero-order chi connectivity index (χ0) is 11.0. The van der Waals surface area contributed by atoms with Gasteiger partial charge in [0.2, 0.25) is 0 Å². The van der Waals surface area contributed by atoms with Crippen LogP contribution in [0.5, 0.6) is 0 Å². The van der Waals surface area contributed by atoms with Gasteiger partial charge in [-0.3, -0.25) is 0 Å². The normalized spacial score (nSPS) is 11.2. The highest BCUT2D eigenvalue weighted by Crippen LogP contribution is 2.30. The van der Waals surface area contributed by atoms with Crippen LogP contribution in [0, 0.1) is 12.7 Å². The number of halogens is 2. The van der Waals surface area contributed by atoms with Gasteiger partial charge in [-0.2, -0.15) is 0 Å². The summed E-state index contributed by atoms with van der Waals surface area (Å²) in [5, 5.41) is 3.84. The largest absolute Gasteiger partial charge is 0.456 e. The van der Waals surface area contributed by atoms with Crippen LogP contribution in [-0.2, 0) is 6.54 Å². The van der Waals surface area contributed by atoms with Crippen molar-refractivity contribution in [3.8, 4) is 0 Å². The Morgan fingerprint density at radius 2 is 2.20 bits per heavy atom. The summed E-state index contributed by atoms with van der Waals surface area (Å²) in [4.78, 5) is 0. The number of rotatable bonds is 2. The molecule has 0 atom stereocenters. The molecule has 0 unspecified atom stereocenters. The van der Waals surface area contributed by atoms with Gasteiger partial charge in [0, 0.05) is 5.39 Å². The molecule has 0 aliphatic carbocycles. The Morgan fingerprint density at radius 1 is 1.47 bits per heavy atom. The molecule has 0 bridgehead atoms. The van der Waals surface area contributed by atoms with E-state index in [0.29, 0.717) is 6.54 Å². The molecule has 2 nitrogen and oxygen atoms in total. The molecule has 2 aromatic rings. The zero-order valence-corrected chi connectivity index (χ0v) is 9.28. The first kappa shape index (κ1) is 10.5. The predicted molar refractivity (Wildman–Crippen MR) is 58.7 cm³/mol. The van der Waals surface area contributed by atoms with Crippen LogP contribution in [0.25, 0.3) is 11.0 Å². The summed E-state index contributed by atoms with van der Waals surface area (Å²) in [5.74, 6) is 0.258. The number of fused-ring (bicyclic) bond motifs is 1. The maximum atomic E-state index is 13.6. The van der Waals surface area contributed by atoms with E-state index >= 15 is 0 Å². The SMILES string of the molecule is CNCc1oc2c(F)c(Cl)ccc2c1C. The monoisotopic (exact) mass is 227 g/mol. The molecule has 15 heavy (non-hydrogen) atoms. The van der Waals surface area contributed by atoms with Crippen molar-refractivity contribution >= 4 is 22.6 Å². The minimum atomic E-state index is -0.486. The third-order valence-electron chi connectivity index (χ3n) is 2.43. The van der Waals surface area contributed by atoms with Crippen LogP contribution in [0.15, 0.2) is 16.5 Å². The molecular weight excluding hydrogens is 217 g/mol. The van der Waals surface area contributed by atoms with Gasteiger partial charge >= 0.3 is 0 Å². The molecule has 1 aromatic carbocycles. The third-order valence-corrected chi connectivity index (χ3v) is 2.73. The number of benzene rings is 1. The second-order valence-corrected chi connectivity index (χ2v) is 3.83. The van der Waals surface area contributed by atoms with Crippen molar-refractivity contribution < 1.29 is 8.81 Å². The Balaban J connectivity index is 2.70. The van der Waals surface area contributed by atoms with E-state index in [1.54, 1.807) is 12.1 Å². The Morgan fingerprint density at radius 3 is 2.87 bits per heavy atom. The van der Waals surface area contributed by atoms with Crippen molar-refractivity contribution in [2.24, 2.45) is 0 Å². The van der Waals surface area contributed by atoms with Crippen LogP contribution in [0.2, 0.25) is 5.02 Å². The van der Waals surface area contributed by atoms with Crippen LogP contribution >= 0.6 is 11.6 Å². The summed E-state index contributed by atoms with van der Waals surface area (Å²) in [6.07, 6.45) is 0. The van der Waals surface area contributed by atoms with Crippen LogP contribution in [-0.4, -0.2) is 7.05 Å². The number of hydrogen-bond acceptors (Lipinski definition) is 2. The average molecular weight is 228 g/mol. The Hall–Kier alpha value is -1.06. The van der Waals surface area contributed by atoms with Gasteiger partial charge in [0.25, 0.3) is 0 Å². The second-order valence-electron chi connectivity index (χ2n) is 3.42. The molecule has 0 saturated heterocycles. The Bertz CT molecular complexity index is 507. The first-order valence-electron chi connectivity index (χ1n) is 4.65. The smallest absolute Gasteiger partial charge is 0.184 e. The van der Waals surface area contributed by atoms with Crippen molar-refractivity contribution in [2.75, 3.05) is 7.05 Å². The number of hydrogen-bond donors (Lipinski definition) is 1. The van der Waals surface area contributed by atoms with Gasteiger partial charge in [-0.05, 0) is 31.7 Å². The summed E-state index contributed by atoms with van der Waals surface area (Å²) in [7, 11) is 1.82. The lowest BCUT2D eigenvalue weighted by molar-refractivity contribution is 0.504. The minimum Gasteiger partial charge on any atom is -0.456 e. The summed E-state index contributed by atoms with van der Waals surface area (Å²) in [5.41, 5.74) is 1.19. The lowest BCUT2D eigenvalue weighted by Crippen LogP contribution is -2.04. The fraction of sp³-hybridized carbons (Fsp3) is 0.273. The zero-order valence-electron chi connectivity index (χ0n) is 8.53. The van der Waals surface area contributed by atoms with Crippen molar-refractivity contribution in [1.82, 2.24) is 5.32 Å². The van der Waals surface area contributed by atoms with Crippen molar-refractivity contribution in [2.45, 2.75) is 13.5 Å². The summed E-state index contributed by atoms with van der Waals surface area (Å²) in [6, 6.07) is 3.32. The van der Waals surface area contributed by atoms with E-state index in [1.807, 2.05) is 14.0 Å². The van der Waals surface area contributed by atoms with Crippen LogP contribution in [0.1, 0.15) is 11.3 Å². The van der Waals surface area contributed by atoms with Crippen LogP contribution < -0.4 is 5.32 Å². The first-order valence-corrected chi connectivity index (χ1v) is 5.03. The number of furan rings is 1. The van der Waals surface area contributed by atoms with Crippen LogP contribution in [0.3, 0.4) is 0 Å². The predicted octanol–water partition coefficient (Wildman–Crippen LogP) is 3.25. The molecule has 0 radical (unpaired) electrons. The standard InChI is InChI=1S/C11H11ClFNO/c1-6-7-3-4-8(12)10(13)11(7)15-9(6)5-14-2/h3-4,14H,5H2,1-2H3. The Kier molecular flexibility index (Phi) is 2.67. The molecule has 0 saturated carbocycles. The molecule has 0 aliphatic rings. The molecule has 80 valence electrons. The van der Waals surface area contributed by atoms with E-state index in [0.717, 1.165) is 16.7 Å². The molecular formula is C11H11ClFNO. The van der Waals surface area contributed by atoms with Gasteiger partial charge in [0.15, 0.2) is 11.4 Å². The maximum absolute atomic E-state index is 13.6. The third kappa shape index (κ3) is 1.62. The average Bonchev–Trinajstić information content (AvgIpc) is 2.52. The Labute approximate surface area is 92.0 Å². The number of nitrogens with one attached hydrogen (secondary N) is 1.